The van der Waals surface area contributed by atoms with Crippen LogP contribution in [-0.4, -0.2) is 50.1 Å². The molecule has 1 atom stereocenters. The highest BCUT2D eigenvalue weighted by atomic mass is 16.5. The van der Waals surface area contributed by atoms with Crippen molar-refractivity contribution in [1.29, 1.82) is 0 Å². The molecule has 2 aromatic rings. The van der Waals surface area contributed by atoms with Gasteiger partial charge < -0.3 is 13.9 Å². The minimum atomic E-state index is 0.0426. The summed E-state index contributed by atoms with van der Waals surface area (Å²) in [5.41, 5.74) is 0.914. The molecule has 1 aliphatic heterocycles. The van der Waals surface area contributed by atoms with Crippen LogP contribution in [0.1, 0.15) is 49.5 Å². The van der Waals surface area contributed by atoms with E-state index in [1.165, 1.54) is 0 Å². The molecule has 0 bridgehead atoms. The average Bonchev–Trinajstić information content (AvgIpc) is 2.97. The van der Waals surface area contributed by atoms with Crippen LogP contribution in [0.4, 0.5) is 0 Å². The predicted molar refractivity (Wildman–Crippen MR) is 82.7 cm³/mol. The van der Waals surface area contributed by atoms with E-state index in [1.807, 2.05) is 11.0 Å². The molecule has 3 heterocycles. The van der Waals surface area contributed by atoms with Gasteiger partial charge in [0, 0.05) is 44.6 Å². The molecular formula is C16H21N5O3. The molecule has 2 fully saturated rings. The average molecular weight is 331 g/mol. The summed E-state index contributed by atoms with van der Waals surface area (Å²) in [6, 6.07) is 2.03. The Morgan fingerprint density at radius 1 is 1.38 bits per heavy atom. The first kappa shape index (κ1) is 15.3. The monoisotopic (exact) mass is 331 g/mol. The van der Waals surface area contributed by atoms with Crippen LogP contribution in [0.5, 0.6) is 0 Å². The molecule has 8 heteroatoms. The molecule has 0 N–H and O–H groups in total. The van der Waals surface area contributed by atoms with E-state index in [0.717, 1.165) is 44.6 Å². The third-order valence-corrected chi connectivity index (χ3v) is 4.69. The number of carbonyl (C=O) groups is 1. The van der Waals surface area contributed by atoms with E-state index < -0.39 is 0 Å². The number of hydrogen-bond acceptors (Lipinski definition) is 7. The van der Waals surface area contributed by atoms with Crippen LogP contribution in [0.3, 0.4) is 0 Å². The van der Waals surface area contributed by atoms with Crippen molar-refractivity contribution in [3.05, 3.63) is 29.7 Å². The van der Waals surface area contributed by atoms with Gasteiger partial charge in [0.15, 0.2) is 5.82 Å². The lowest BCUT2D eigenvalue weighted by molar-refractivity contribution is -0.131. The van der Waals surface area contributed by atoms with E-state index in [9.17, 15) is 4.79 Å². The summed E-state index contributed by atoms with van der Waals surface area (Å²) < 4.78 is 10.2. The fourth-order valence-corrected chi connectivity index (χ4v) is 3.24. The lowest BCUT2D eigenvalue weighted by Crippen LogP contribution is -2.40. The van der Waals surface area contributed by atoms with Crippen molar-refractivity contribution in [2.24, 2.45) is 0 Å². The van der Waals surface area contributed by atoms with Gasteiger partial charge in [-0.25, -0.2) is 0 Å². The van der Waals surface area contributed by atoms with Crippen LogP contribution in [0.2, 0.25) is 0 Å². The lowest BCUT2D eigenvalue weighted by Gasteiger charge is -2.26. The maximum absolute atomic E-state index is 12.1. The molecule has 0 unspecified atom stereocenters. The Hall–Kier alpha value is -2.22. The first-order valence-electron chi connectivity index (χ1n) is 8.40. The van der Waals surface area contributed by atoms with Crippen LogP contribution in [-0.2, 0) is 17.9 Å². The topological polar surface area (TPSA) is 88.5 Å². The number of carbonyl (C=O) groups excluding carboxylic acids is 1. The molecule has 0 aromatic carbocycles. The van der Waals surface area contributed by atoms with Crippen molar-refractivity contribution in [3.8, 4) is 0 Å². The van der Waals surface area contributed by atoms with Crippen molar-refractivity contribution in [1.82, 2.24) is 25.1 Å². The van der Waals surface area contributed by atoms with Crippen molar-refractivity contribution < 1.29 is 13.8 Å². The molecule has 1 saturated heterocycles. The van der Waals surface area contributed by atoms with E-state index in [1.54, 1.807) is 13.2 Å². The van der Waals surface area contributed by atoms with Crippen molar-refractivity contribution in [3.63, 3.8) is 0 Å². The van der Waals surface area contributed by atoms with E-state index in [4.69, 9.17) is 9.05 Å². The lowest BCUT2D eigenvalue weighted by atomic mass is 10.2. The molecule has 0 spiro atoms. The number of aromatic nitrogens is 3. The molecule has 2 aliphatic rings. The molecule has 0 radical (unpaired) electrons. The summed E-state index contributed by atoms with van der Waals surface area (Å²) in [5.74, 6) is 1.79. The van der Waals surface area contributed by atoms with Crippen LogP contribution in [0.25, 0.3) is 0 Å². The van der Waals surface area contributed by atoms with Crippen molar-refractivity contribution in [2.45, 2.75) is 51.2 Å². The SMILES string of the molecule is CC(=O)N(Cc1noc(C2CC2)n1)[C@@H]1CCN(Cc2ccon2)C1. The molecule has 24 heavy (non-hydrogen) atoms. The quantitative estimate of drug-likeness (QED) is 0.793. The number of amides is 1. The summed E-state index contributed by atoms with van der Waals surface area (Å²) in [6.45, 7) is 4.50. The Labute approximate surface area is 139 Å². The fourth-order valence-electron chi connectivity index (χ4n) is 3.24. The third-order valence-electron chi connectivity index (χ3n) is 4.69. The molecule has 1 saturated carbocycles. The smallest absolute Gasteiger partial charge is 0.229 e. The highest BCUT2D eigenvalue weighted by molar-refractivity contribution is 5.73. The van der Waals surface area contributed by atoms with Gasteiger partial charge in [0.05, 0.1) is 12.2 Å². The van der Waals surface area contributed by atoms with Gasteiger partial charge in [-0.3, -0.25) is 9.69 Å². The summed E-state index contributed by atoms with van der Waals surface area (Å²) in [6.07, 6.45) is 4.76. The number of likely N-dealkylation sites (tertiary alicyclic amines) is 1. The van der Waals surface area contributed by atoms with Gasteiger partial charge in [-0.05, 0) is 19.3 Å². The minimum Gasteiger partial charge on any atom is -0.364 e. The van der Waals surface area contributed by atoms with Crippen molar-refractivity contribution in [2.75, 3.05) is 13.1 Å². The van der Waals surface area contributed by atoms with E-state index in [-0.39, 0.29) is 11.9 Å². The Balaban J connectivity index is 1.38. The highest BCUT2D eigenvalue weighted by Crippen LogP contribution is 2.38. The normalized spacial score (nSPS) is 21.3. The standard InChI is InChI=1S/C16H21N5O3/c1-11(22)21(10-15-17-16(24-19-15)12-2-3-12)14-4-6-20(9-14)8-13-5-7-23-18-13/h5,7,12,14H,2-4,6,8-10H2,1H3/t14-/m1/s1. The summed E-state index contributed by atoms with van der Waals surface area (Å²) in [4.78, 5) is 20.7. The summed E-state index contributed by atoms with van der Waals surface area (Å²) >= 11 is 0. The van der Waals surface area contributed by atoms with Gasteiger partial charge in [0.2, 0.25) is 11.8 Å². The molecule has 1 aliphatic carbocycles. The van der Waals surface area contributed by atoms with E-state index >= 15 is 0 Å². The van der Waals surface area contributed by atoms with Gasteiger partial charge in [0.1, 0.15) is 6.26 Å². The second kappa shape index (κ2) is 6.35. The van der Waals surface area contributed by atoms with Crippen LogP contribution < -0.4 is 0 Å². The Morgan fingerprint density at radius 3 is 2.96 bits per heavy atom. The van der Waals surface area contributed by atoms with Gasteiger partial charge in [0.25, 0.3) is 0 Å². The second-order valence-corrected chi connectivity index (χ2v) is 6.64. The minimum absolute atomic E-state index is 0.0426. The fraction of sp³-hybridized carbons (Fsp3) is 0.625. The van der Waals surface area contributed by atoms with Gasteiger partial charge in [-0.2, -0.15) is 4.98 Å². The van der Waals surface area contributed by atoms with Crippen LogP contribution in [0.15, 0.2) is 21.4 Å². The maximum Gasteiger partial charge on any atom is 0.229 e. The first-order chi connectivity index (χ1) is 11.7. The zero-order chi connectivity index (χ0) is 16.5. The predicted octanol–water partition coefficient (Wildman–Crippen LogP) is 1.56. The highest BCUT2D eigenvalue weighted by Gasteiger charge is 2.32. The van der Waals surface area contributed by atoms with Gasteiger partial charge >= 0.3 is 0 Å². The molecular weight excluding hydrogens is 310 g/mol. The van der Waals surface area contributed by atoms with Gasteiger partial charge in [-0.15, -0.1) is 0 Å². The zero-order valence-corrected chi connectivity index (χ0v) is 13.7. The molecule has 1 amide bonds. The van der Waals surface area contributed by atoms with Crippen LogP contribution in [0, 0.1) is 0 Å². The van der Waals surface area contributed by atoms with Crippen LogP contribution >= 0.6 is 0 Å². The van der Waals surface area contributed by atoms with Crippen molar-refractivity contribution >= 4 is 5.91 Å². The number of nitrogens with zero attached hydrogens (tertiary/aromatic N) is 5. The molecule has 4 rings (SSSR count). The summed E-state index contributed by atoms with van der Waals surface area (Å²) in [7, 11) is 0. The Morgan fingerprint density at radius 2 is 2.25 bits per heavy atom. The zero-order valence-electron chi connectivity index (χ0n) is 13.7. The maximum atomic E-state index is 12.1. The molecule has 128 valence electrons. The largest absolute Gasteiger partial charge is 0.364 e. The Bertz CT molecular complexity index is 694. The van der Waals surface area contributed by atoms with Gasteiger partial charge in [-0.1, -0.05) is 10.3 Å². The number of hydrogen-bond donors (Lipinski definition) is 0. The first-order valence-corrected chi connectivity index (χ1v) is 8.40. The third kappa shape index (κ3) is 3.33. The number of rotatable bonds is 6. The molecule has 2 aromatic heterocycles. The summed E-state index contributed by atoms with van der Waals surface area (Å²) in [5, 5.41) is 7.98. The second-order valence-electron chi connectivity index (χ2n) is 6.64. The molecule has 8 nitrogen and oxygen atoms in total. The van der Waals surface area contributed by atoms with E-state index in [2.05, 4.69) is 20.2 Å². The Kier molecular flexibility index (Phi) is 4.05. The van der Waals surface area contributed by atoms with E-state index in [0.29, 0.717) is 24.2 Å².